The maximum Gasteiger partial charge on any atom is 0.243 e. The van der Waals surface area contributed by atoms with Crippen molar-refractivity contribution >= 4 is 5.91 Å². The number of hydrogen-bond acceptors (Lipinski definition) is 3. The highest BCUT2D eigenvalue weighted by atomic mass is 16.5. The van der Waals surface area contributed by atoms with Crippen LogP contribution in [0.15, 0.2) is 0 Å². The Morgan fingerprint density at radius 3 is 1.80 bits per heavy atom. The van der Waals surface area contributed by atoms with Gasteiger partial charge in [0.1, 0.15) is 6.61 Å². The standard InChI is InChI=1S/C4H10O.C2H5NO2/c1-3-5-4-2;3-2(5)1-4/h3-4H2,1-2H3;4H,1H2,(H2,3,5). The third kappa shape index (κ3) is 26.3. The zero-order valence-corrected chi connectivity index (χ0v) is 6.46. The monoisotopic (exact) mass is 149 g/mol. The largest absolute Gasteiger partial charge is 0.387 e. The lowest BCUT2D eigenvalue weighted by Crippen LogP contribution is -2.14. The van der Waals surface area contributed by atoms with Gasteiger partial charge in [-0.05, 0) is 13.8 Å². The number of nitrogens with two attached hydrogens (primary N) is 1. The van der Waals surface area contributed by atoms with E-state index in [1.54, 1.807) is 0 Å². The van der Waals surface area contributed by atoms with E-state index in [1.165, 1.54) is 0 Å². The van der Waals surface area contributed by atoms with Gasteiger partial charge in [-0.3, -0.25) is 4.79 Å². The lowest BCUT2D eigenvalue weighted by Gasteiger charge is -1.86. The Kier molecular flexibility index (Phi) is 13.6. The lowest BCUT2D eigenvalue weighted by molar-refractivity contribution is -0.120. The number of rotatable bonds is 3. The summed E-state index contributed by atoms with van der Waals surface area (Å²) < 4.78 is 4.83. The molecule has 4 nitrogen and oxygen atoms in total. The van der Waals surface area contributed by atoms with Crippen molar-refractivity contribution in [1.29, 1.82) is 0 Å². The fourth-order valence-electron chi connectivity index (χ4n) is 0.204. The van der Waals surface area contributed by atoms with Crippen LogP contribution in [0, 0.1) is 0 Å². The molecule has 0 rings (SSSR count). The second-order valence-electron chi connectivity index (χ2n) is 1.41. The molecule has 0 fully saturated rings. The fraction of sp³-hybridized carbons (Fsp3) is 0.833. The molecular weight excluding hydrogens is 134 g/mol. The van der Waals surface area contributed by atoms with Gasteiger partial charge in [0.25, 0.3) is 0 Å². The van der Waals surface area contributed by atoms with Crippen LogP contribution in [0.3, 0.4) is 0 Å². The van der Waals surface area contributed by atoms with Crippen molar-refractivity contribution < 1.29 is 14.6 Å². The zero-order valence-electron chi connectivity index (χ0n) is 6.46. The number of carbonyl (C=O) groups is 1. The number of amides is 1. The average molecular weight is 149 g/mol. The van der Waals surface area contributed by atoms with E-state index in [4.69, 9.17) is 9.84 Å². The van der Waals surface area contributed by atoms with Crippen LogP contribution in [-0.4, -0.2) is 30.8 Å². The molecule has 0 aromatic heterocycles. The van der Waals surface area contributed by atoms with Gasteiger partial charge in [0, 0.05) is 13.2 Å². The molecule has 0 unspecified atom stereocenters. The van der Waals surface area contributed by atoms with Gasteiger partial charge >= 0.3 is 0 Å². The second-order valence-corrected chi connectivity index (χ2v) is 1.41. The maximum atomic E-state index is 9.34. The molecule has 0 aliphatic carbocycles. The first-order chi connectivity index (χ1) is 4.68. The Balaban J connectivity index is 0. The predicted octanol–water partition coefficient (Wildman–Crippen LogP) is -0.493. The van der Waals surface area contributed by atoms with Crippen LogP contribution >= 0.6 is 0 Å². The minimum atomic E-state index is -0.690. The van der Waals surface area contributed by atoms with Crippen LogP contribution in [-0.2, 0) is 9.53 Å². The molecular formula is C6H15NO3. The van der Waals surface area contributed by atoms with Crippen LogP contribution in [0.1, 0.15) is 13.8 Å². The van der Waals surface area contributed by atoms with Crippen LogP contribution in [0.2, 0.25) is 0 Å². The average Bonchev–Trinajstić information content (AvgIpc) is 1.91. The van der Waals surface area contributed by atoms with Gasteiger partial charge in [0.05, 0.1) is 0 Å². The van der Waals surface area contributed by atoms with Gasteiger partial charge in [-0.2, -0.15) is 0 Å². The molecule has 0 aromatic carbocycles. The van der Waals surface area contributed by atoms with Gasteiger partial charge in [-0.1, -0.05) is 0 Å². The third-order valence-corrected chi connectivity index (χ3v) is 0.564. The number of carbonyl (C=O) groups excluding carboxylic acids is 1. The molecule has 0 aliphatic rings. The molecule has 62 valence electrons. The van der Waals surface area contributed by atoms with Crippen LogP contribution < -0.4 is 5.73 Å². The van der Waals surface area contributed by atoms with Gasteiger partial charge in [-0.15, -0.1) is 0 Å². The first kappa shape index (κ1) is 12.1. The Morgan fingerprint density at radius 1 is 1.50 bits per heavy atom. The Labute approximate surface area is 61.0 Å². The fourth-order valence-corrected chi connectivity index (χ4v) is 0.204. The molecule has 0 bridgehead atoms. The van der Waals surface area contributed by atoms with Crippen molar-refractivity contribution in [1.82, 2.24) is 0 Å². The SMILES string of the molecule is CCOCC.NC(=O)CO. The normalized spacial score (nSPS) is 7.90. The van der Waals surface area contributed by atoms with Crippen molar-refractivity contribution in [2.45, 2.75) is 13.8 Å². The Bertz CT molecular complexity index is 73.4. The molecule has 4 heteroatoms. The van der Waals surface area contributed by atoms with E-state index < -0.39 is 12.5 Å². The Morgan fingerprint density at radius 2 is 1.80 bits per heavy atom. The number of hydrogen-bond donors (Lipinski definition) is 2. The maximum absolute atomic E-state index is 9.34. The quantitative estimate of drug-likeness (QED) is 0.568. The van der Waals surface area contributed by atoms with Crippen LogP contribution in [0.5, 0.6) is 0 Å². The summed E-state index contributed by atoms with van der Waals surface area (Å²) in [5.74, 6) is -0.690. The number of primary amides is 1. The van der Waals surface area contributed by atoms with Crippen molar-refractivity contribution in [3.8, 4) is 0 Å². The molecule has 0 saturated heterocycles. The van der Waals surface area contributed by atoms with Crippen molar-refractivity contribution in [3.05, 3.63) is 0 Å². The lowest BCUT2D eigenvalue weighted by atomic mass is 10.7. The summed E-state index contributed by atoms with van der Waals surface area (Å²) in [7, 11) is 0. The highest BCUT2D eigenvalue weighted by Gasteiger charge is 1.78. The van der Waals surface area contributed by atoms with E-state index >= 15 is 0 Å². The molecule has 1 amide bonds. The van der Waals surface area contributed by atoms with E-state index in [0.29, 0.717) is 0 Å². The topological polar surface area (TPSA) is 72.5 Å². The minimum absolute atomic E-state index is 0.556. The number of aliphatic hydroxyl groups is 1. The van der Waals surface area contributed by atoms with Gasteiger partial charge in [0.2, 0.25) is 5.91 Å². The molecule has 0 atom stereocenters. The van der Waals surface area contributed by atoms with Crippen molar-refractivity contribution in [2.24, 2.45) is 5.73 Å². The van der Waals surface area contributed by atoms with Gasteiger partial charge in [-0.25, -0.2) is 0 Å². The highest BCUT2D eigenvalue weighted by Crippen LogP contribution is 1.64. The predicted molar refractivity (Wildman–Crippen MR) is 38.4 cm³/mol. The molecule has 10 heavy (non-hydrogen) atoms. The summed E-state index contributed by atoms with van der Waals surface area (Å²) in [4.78, 5) is 9.34. The van der Waals surface area contributed by atoms with E-state index in [-0.39, 0.29) is 0 Å². The van der Waals surface area contributed by atoms with Gasteiger partial charge in [0.15, 0.2) is 0 Å². The molecule has 0 saturated carbocycles. The Hall–Kier alpha value is -0.610. The molecule has 0 heterocycles. The van der Waals surface area contributed by atoms with E-state index in [9.17, 15) is 4.79 Å². The highest BCUT2D eigenvalue weighted by molar-refractivity contribution is 5.74. The van der Waals surface area contributed by atoms with Crippen molar-refractivity contribution in [2.75, 3.05) is 19.8 Å². The zero-order chi connectivity index (χ0) is 8.41. The molecule has 0 aliphatic heterocycles. The van der Waals surface area contributed by atoms with Gasteiger partial charge < -0.3 is 15.6 Å². The van der Waals surface area contributed by atoms with Crippen LogP contribution in [0.4, 0.5) is 0 Å². The van der Waals surface area contributed by atoms with E-state index in [1.807, 2.05) is 13.8 Å². The molecule has 3 N–H and O–H groups in total. The second kappa shape index (κ2) is 11.2. The summed E-state index contributed by atoms with van der Waals surface area (Å²) in [6.07, 6.45) is 0. The number of aliphatic hydroxyl groups excluding tert-OH is 1. The minimum Gasteiger partial charge on any atom is -0.387 e. The first-order valence-corrected chi connectivity index (χ1v) is 3.15. The van der Waals surface area contributed by atoms with E-state index in [2.05, 4.69) is 5.73 Å². The molecule has 0 aromatic rings. The summed E-state index contributed by atoms with van der Waals surface area (Å²) >= 11 is 0. The summed E-state index contributed by atoms with van der Waals surface area (Å²) in [5, 5.41) is 7.67. The third-order valence-electron chi connectivity index (χ3n) is 0.564. The van der Waals surface area contributed by atoms with Crippen molar-refractivity contribution in [3.63, 3.8) is 0 Å². The number of ether oxygens (including phenoxy) is 1. The summed E-state index contributed by atoms with van der Waals surface area (Å²) in [5.41, 5.74) is 4.40. The van der Waals surface area contributed by atoms with Crippen LogP contribution in [0.25, 0.3) is 0 Å². The molecule has 0 spiro atoms. The summed E-state index contributed by atoms with van der Waals surface area (Å²) in [6.45, 7) is 5.11. The molecule has 0 radical (unpaired) electrons. The summed E-state index contributed by atoms with van der Waals surface area (Å²) in [6, 6.07) is 0. The smallest absolute Gasteiger partial charge is 0.243 e. The first-order valence-electron chi connectivity index (χ1n) is 3.15. The van der Waals surface area contributed by atoms with E-state index in [0.717, 1.165) is 13.2 Å².